The summed E-state index contributed by atoms with van der Waals surface area (Å²) in [5, 5.41) is 0. The molecule has 1 saturated heterocycles. The molecule has 1 rings (SSSR count). The van der Waals surface area contributed by atoms with E-state index in [2.05, 4.69) is 25.0 Å². The molecule has 0 radical (unpaired) electrons. The van der Waals surface area contributed by atoms with Crippen LogP contribution in [-0.4, -0.2) is 54.8 Å². The Bertz CT molecular complexity index is 192. The third-order valence-electron chi connectivity index (χ3n) is 3.28. The minimum atomic E-state index is 0.353. The van der Waals surface area contributed by atoms with Crippen molar-refractivity contribution in [2.45, 2.75) is 44.9 Å². The van der Waals surface area contributed by atoms with Crippen LogP contribution in [0.25, 0.3) is 0 Å². The number of rotatable bonds is 6. The molecule has 0 bridgehead atoms. The summed E-state index contributed by atoms with van der Waals surface area (Å²) in [4.78, 5) is 2.54. The van der Waals surface area contributed by atoms with Crippen LogP contribution in [0.3, 0.4) is 0 Å². The molecule has 3 nitrogen and oxygen atoms in total. The summed E-state index contributed by atoms with van der Waals surface area (Å²) in [6, 6.07) is 1.05. The molecule has 96 valence electrons. The van der Waals surface area contributed by atoms with E-state index in [0.717, 1.165) is 19.7 Å². The lowest BCUT2D eigenvalue weighted by atomic mass is 10.1. The maximum absolute atomic E-state index is 5.90. The van der Waals surface area contributed by atoms with Gasteiger partial charge >= 0.3 is 0 Å². The van der Waals surface area contributed by atoms with E-state index >= 15 is 0 Å². The van der Waals surface area contributed by atoms with Gasteiger partial charge in [0.1, 0.15) is 0 Å². The Morgan fingerprint density at radius 3 is 2.88 bits per heavy atom. The molecule has 1 aliphatic heterocycles. The van der Waals surface area contributed by atoms with Crippen LogP contribution in [0.2, 0.25) is 0 Å². The Kier molecular flexibility index (Phi) is 6.73. The molecule has 1 heterocycles. The second-order valence-corrected chi connectivity index (χ2v) is 5.70. The van der Waals surface area contributed by atoms with E-state index in [4.69, 9.17) is 10.5 Å². The van der Waals surface area contributed by atoms with Crippen LogP contribution in [0.5, 0.6) is 0 Å². The molecule has 0 aliphatic carbocycles. The second-order valence-electron chi connectivity index (χ2n) is 4.71. The standard InChI is InChI=1S/C12H26N2OS/c1-10-9-15-11(2)8-14(10)12(7-13)5-4-6-16-3/h10-12H,4-9,13H2,1-3H3. The second kappa shape index (κ2) is 7.54. The molecule has 0 amide bonds. The topological polar surface area (TPSA) is 38.5 Å². The van der Waals surface area contributed by atoms with E-state index in [1.807, 2.05) is 11.8 Å². The average molecular weight is 246 g/mol. The minimum absolute atomic E-state index is 0.353. The number of ether oxygens (including phenoxy) is 1. The smallest absolute Gasteiger partial charge is 0.0674 e. The van der Waals surface area contributed by atoms with Gasteiger partial charge in [0.2, 0.25) is 0 Å². The normalized spacial score (nSPS) is 29.2. The van der Waals surface area contributed by atoms with Crippen LogP contribution in [0.15, 0.2) is 0 Å². The van der Waals surface area contributed by atoms with Gasteiger partial charge in [-0.1, -0.05) is 0 Å². The number of hydrogen-bond donors (Lipinski definition) is 1. The average Bonchev–Trinajstić information content (AvgIpc) is 2.28. The van der Waals surface area contributed by atoms with Gasteiger partial charge in [-0.25, -0.2) is 0 Å². The van der Waals surface area contributed by atoms with Crippen LogP contribution in [-0.2, 0) is 4.74 Å². The molecule has 0 aromatic rings. The van der Waals surface area contributed by atoms with Gasteiger partial charge in [-0.3, -0.25) is 4.90 Å². The largest absolute Gasteiger partial charge is 0.376 e. The van der Waals surface area contributed by atoms with E-state index in [-0.39, 0.29) is 0 Å². The van der Waals surface area contributed by atoms with Crippen molar-refractivity contribution in [2.24, 2.45) is 5.73 Å². The molecule has 2 N–H and O–H groups in total. The summed E-state index contributed by atoms with van der Waals surface area (Å²) in [6.07, 6.45) is 5.00. The fraction of sp³-hybridized carbons (Fsp3) is 1.00. The van der Waals surface area contributed by atoms with Crippen LogP contribution >= 0.6 is 11.8 Å². The van der Waals surface area contributed by atoms with Crippen molar-refractivity contribution in [3.63, 3.8) is 0 Å². The Morgan fingerprint density at radius 1 is 1.50 bits per heavy atom. The lowest BCUT2D eigenvalue weighted by molar-refractivity contribution is -0.0657. The predicted molar refractivity (Wildman–Crippen MR) is 72.0 cm³/mol. The summed E-state index contributed by atoms with van der Waals surface area (Å²) in [5.41, 5.74) is 5.90. The third-order valence-corrected chi connectivity index (χ3v) is 3.98. The van der Waals surface area contributed by atoms with Gasteiger partial charge in [-0.2, -0.15) is 11.8 Å². The molecule has 0 saturated carbocycles. The first-order valence-electron chi connectivity index (χ1n) is 6.25. The number of nitrogens with two attached hydrogens (primary N) is 1. The summed E-state index contributed by atoms with van der Waals surface area (Å²) in [7, 11) is 0. The van der Waals surface area contributed by atoms with Crippen LogP contribution < -0.4 is 5.73 Å². The minimum Gasteiger partial charge on any atom is -0.376 e. The summed E-state index contributed by atoms with van der Waals surface area (Å²) in [5.74, 6) is 1.24. The highest BCUT2D eigenvalue weighted by molar-refractivity contribution is 7.98. The van der Waals surface area contributed by atoms with E-state index in [1.54, 1.807) is 0 Å². The predicted octanol–water partition coefficient (Wildman–Crippen LogP) is 1.57. The maximum atomic E-state index is 5.90. The van der Waals surface area contributed by atoms with Crippen molar-refractivity contribution in [2.75, 3.05) is 31.7 Å². The molecule has 0 spiro atoms. The summed E-state index contributed by atoms with van der Waals surface area (Å²) in [6.45, 7) is 7.03. The summed E-state index contributed by atoms with van der Waals surface area (Å²) >= 11 is 1.92. The molecule has 1 fully saturated rings. The highest BCUT2D eigenvalue weighted by Gasteiger charge is 2.28. The monoisotopic (exact) mass is 246 g/mol. The molecule has 4 heteroatoms. The van der Waals surface area contributed by atoms with Gasteiger partial charge in [0.05, 0.1) is 12.7 Å². The first-order chi connectivity index (χ1) is 7.69. The lowest BCUT2D eigenvalue weighted by Crippen LogP contribution is -2.54. The Hall–Kier alpha value is 0.230. The molecule has 3 unspecified atom stereocenters. The van der Waals surface area contributed by atoms with Gasteiger partial charge in [-0.05, 0) is 38.7 Å². The van der Waals surface area contributed by atoms with Crippen molar-refractivity contribution >= 4 is 11.8 Å². The Labute approximate surface area is 104 Å². The maximum Gasteiger partial charge on any atom is 0.0674 e. The number of hydrogen-bond acceptors (Lipinski definition) is 4. The van der Waals surface area contributed by atoms with E-state index in [1.165, 1.54) is 18.6 Å². The zero-order valence-corrected chi connectivity index (χ0v) is 11.6. The fourth-order valence-corrected chi connectivity index (χ4v) is 2.78. The Balaban J connectivity index is 2.42. The van der Waals surface area contributed by atoms with Crippen LogP contribution in [0.1, 0.15) is 26.7 Å². The summed E-state index contributed by atoms with van der Waals surface area (Å²) < 4.78 is 5.65. The van der Waals surface area contributed by atoms with Crippen molar-refractivity contribution < 1.29 is 4.74 Å². The SMILES string of the molecule is CSCCCC(CN)N1CC(C)OCC1C. The van der Waals surface area contributed by atoms with Gasteiger partial charge in [0.15, 0.2) is 0 Å². The molecule has 0 aromatic heterocycles. The van der Waals surface area contributed by atoms with Gasteiger partial charge < -0.3 is 10.5 Å². The van der Waals surface area contributed by atoms with Crippen molar-refractivity contribution in [1.82, 2.24) is 4.90 Å². The van der Waals surface area contributed by atoms with E-state index in [0.29, 0.717) is 18.2 Å². The molecular formula is C12H26N2OS. The Morgan fingerprint density at radius 2 is 2.25 bits per heavy atom. The van der Waals surface area contributed by atoms with Crippen molar-refractivity contribution in [3.05, 3.63) is 0 Å². The van der Waals surface area contributed by atoms with E-state index in [9.17, 15) is 0 Å². The number of nitrogens with zero attached hydrogens (tertiary/aromatic N) is 1. The quantitative estimate of drug-likeness (QED) is 0.722. The van der Waals surface area contributed by atoms with Crippen molar-refractivity contribution in [1.29, 1.82) is 0 Å². The highest BCUT2D eigenvalue weighted by atomic mass is 32.2. The van der Waals surface area contributed by atoms with Gasteiger partial charge in [0, 0.05) is 25.2 Å². The highest BCUT2D eigenvalue weighted by Crippen LogP contribution is 2.17. The van der Waals surface area contributed by atoms with Crippen molar-refractivity contribution in [3.8, 4) is 0 Å². The molecular weight excluding hydrogens is 220 g/mol. The van der Waals surface area contributed by atoms with Crippen LogP contribution in [0, 0.1) is 0 Å². The molecule has 3 atom stereocenters. The molecule has 0 aromatic carbocycles. The molecule has 1 aliphatic rings. The number of thioether (sulfide) groups is 1. The number of morpholine rings is 1. The van der Waals surface area contributed by atoms with Gasteiger partial charge in [-0.15, -0.1) is 0 Å². The zero-order chi connectivity index (χ0) is 12.0. The first-order valence-corrected chi connectivity index (χ1v) is 7.64. The lowest BCUT2D eigenvalue weighted by Gasteiger charge is -2.41. The van der Waals surface area contributed by atoms with Gasteiger partial charge in [0.25, 0.3) is 0 Å². The van der Waals surface area contributed by atoms with Crippen LogP contribution in [0.4, 0.5) is 0 Å². The molecule has 16 heavy (non-hydrogen) atoms. The third kappa shape index (κ3) is 4.24. The fourth-order valence-electron chi connectivity index (χ4n) is 2.32. The first kappa shape index (κ1) is 14.3. The van der Waals surface area contributed by atoms with E-state index < -0.39 is 0 Å². The zero-order valence-electron chi connectivity index (χ0n) is 10.8.